The number of nitrogens with one attached hydrogen (secondary N) is 3. The summed E-state index contributed by atoms with van der Waals surface area (Å²) in [5.41, 5.74) is 24.9. The van der Waals surface area contributed by atoms with Gasteiger partial charge in [0, 0.05) is 85.9 Å². The molecule has 18 heteroatoms. The highest BCUT2D eigenvalue weighted by atomic mass is 16.6. The highest BCUT2D eigenvalue weighted by Crippen LogP contribution is 2.38. The summed E-state index contributed by atoms with van der Waals surface area (Å²) < 4.78 is 16.2. The van der Waals surface area contributed by atoms with E-state index >= 15 is 0 Å². The summed E-state index contributed by atoms with van der Waals surface area (Å²) in [7, 11) is 0. The number of allylic oxidation sites excluding steroid dienone is 1. The van der Waals surface area contributed by atoms with Gasteiger partial charge in [0.2, 0.25) is 0 Å². The molecule has 6 aromatic rings. The molecule has 0 bridgehead atoms. The maximum atomic E-state index is 12.1. The Labute approximate surface area is 436 Å². The number of H-pyrrole nitrogens is 3. The van der Waals surface area contributed by atoms with Gasteiger partial charge in [0.1, 0.15) is 16.8 Å². The molecule has 0 saturated carbocycles. The van der Waals surface area contributed by atoms with E-state index in [1.807, 2.05) is 112 Å². The summed E-state index contributed by atoms with van der Waals surface area (Å²) in [6.45, 7) is 28.8. The third kappa shape index (κ3) is 12.3. The lowest BCUT2D eigenvalue weighted by molar-refractivity contribution is -0.00423. The summed E-state index contributed by atoms with van der Waals surface area (Å²) in [6.07, 6.45) is 4.55. The lowest BCUT2D eigenvalue weighted by Crippen LogP contribution is -2.53. The van der Waals surface area contributed by atoms with Gasteiger partial charge in [0.15, 0.2) is 0 Å². The molecule has 1 unspecified atom stereocenters. The zero-order chi connectivity index (χ0) is 55.1. The van der Waals surface area contributed by atoms with Gasteiger partial charge in [-0.15, -0.1) is 0 Å². The molecule has 3 saturated heterocycles. The fourth-order valence-corrected chi connectivity index (χ4v) is 9.36. The Bertz CT molecular complexity index is 3230. The molecule has 9 N–H and O–H groups in total. The Balaban J connectivity index is 0.000000164. The van der Waals surface area contributed by atoms with Crippen LogP contribution in [0.5, 0.6) is 0 Å². The Hall–Kier alpha value is -8.02. The number of rotatable bonds is 8. The average molecular weight is 1030 g/mol. The largest absolute Gasteiger partial charge is 0.444 e. The van der Waals surface area contributed by atoms with Crippen LogP contribution in [0.3, 0.4) is 0 Å². The molecule has 1 atom stereocenters. The number of carbonyl (C=O) groups is 6. The molecule has 3 aliphatic rings. The molecule has 0 radical (unpaired) electrons. The average Bonchev–Trinajstić information content (AvgIpc) is 4.04. The Kier molecular flexibility index (Phi) is 15.4. The van der Waals surface area contributed by atoms with Gasteiger partial charge >= 0.3 is 18.3 Å². The molecule has 9 rings (SSSR count). The Morgan fingerprint density at radius 1 is 0.533 bits per heavy atom. The number of aromatic nitrogens is 3. The van der Waals surface area contributed by atoms with Crippen molar-refractivity contribution in [1.29, 1.82) is 0 Å². The topological polar surface area (TPSA) is 265 Å². The van der Waals surface area contributed by atoms with Crippen molar-refractivity contribution >= 4 is 79.9 Å². The fourth-order valence-electron chi connectivity index (χ4n) is 9.36. The molecule has 3 aliphatic heterocycles. The molecular weight excluding hydrogens is 955 g/mol. The van der Waals surface area contributed by atoms with Crippen LogP contribution in [-0.4, -0.2) is 122 Å². The first-order valence-corrected chi connectivity index (χ1v) is 25.0. The van der Waals surface area contributed by atoms with Crippen LogP contribution in [0.2, 0.25) is 0 Å². The van der Waals surface area contributed by atoms with Crippen LogP contribution in [0, 0.1) is 11.8 Å². The third-order valence-corrected chi connectivity index (χ3v) is 13.5. The van der Waals surface area contributed by atoms with Gasteiger partial charge in [0.25, 0.3) is 17.7 Å². The molecular formula is C57H71N9O9. The normalized spacial score (nSPS) is 15.3. The van der Waals surface area contributed by atoms with Crippen LogP contribution < -0.4 is 17.2 Å². The summed E-state index contributed by atoms with van der Waals surface area (Å²) in [5, 5.41) is 2.88. The van der Waals surface area contributed by atoms with Crippen LogP contribution in [0.15, 0.2) is 85.3 Å². The van der Waals surface area contributed by atoms with Crippen molar-refractivity contribution in [2.45, 2.75) is 98.9 Å². The van der Waals surface area contributed by atoms with E-state index in [9.17, 15) is 28.8 Å². The second-order valence-electron chi connectivity index (χ2n) is 22.5. The number of fused-ring (bicyclic) bond motifs is 3. The number of nitrogens with zero attached hydrogens (tertiary/aromatic N) is 3. The number of ether oxygens (including phenoxy) is 3. The zero-order valence-corrected chi connectivity index (χ0v) is 44.9. The lowest BCUT2D eigenvalue weighted by atomic mass is 9.81. The van der Waals surface area contributed by atoms with Crippen molar-refractivity contribution in [3.8, 4) is 0 Å². The number of likely N-dealkylation sites (tertiary alicyclic amines) is 3. The lowest BCUT2D eigenvalue weighted by Gasteiger charge is -2.43. The molecule has 0 spiro atoms. The van der Waals surface area contributed by atoms with Gasteiger partial charge in [-0.3, -0.25) is 14.4 Å². The number of primary amides is 3. The standard InChI is InChI=1S/C19H25N3O3.2C19H23N3O3/c3*1-11(12-9-22(10-12)18(24)25-19(2,3)4)13-5-6-15(17(20)23)16-14(13)7-8-21-16/h5-8,11-12,21H,9-10H2,1-4H3,(H2,20,23);5-8,21H,9-10H2,1-4H3,(H2,20,23);5-8,12,21H,1,9-10H2,2-4H3,(H2,20,23). The van der Waals surface area contributed by atoms with E-state index < -0.39 is 34.5 Å². The van der Waals surface area contributed by atoms with Gasteiger partial charge in [0.05, 0.1) is 33.2 Å². The van der Waals surface area contributed by atoms with Crippen molar-refractivity contribution in [2.75, 3.05) is 39.3 Å². The maximum absolute atomic E-state index is 12.1. The number of nitrogens with two attached hydrogens (primary N) is 3. The van der Waals surface area contributed by atoms with E-state index in [4.69, 9.17) is 31.4 Å². The van der Waals surface area contributed by atoms with Gasteiger partial charge < -0.3 is 61.1 Å². The smallest absolute Gasteiger partial charge is 0.410 e. The van der Waals surface area contributed by atoms with Crippen LogP contribution in [0.1, 0.15) is 130 Å². The summed E-state index contributed by atoms with van der Waals surface area (Å²) in [5.74, 6) is -0.561. The van der Waals surface area contributed by atoms with Crippen LogP contribution >= 0.6 is 0 Å². The summed E-state index contributed by atoms with van der Waals surface area (Å²) >= 11 is 0. The highest BCUT2D eigenvalue weighted by molar-refractivity contribution is 6.09. The van der Waals surface area contributed by atoms with Crippen molar-refractivity contribution in [2.24, 2.45) is 29.0 Å². The molecule has 6 heterocycles. The minimum atomic E-state index is -0.499. The first kappa shape index (κ1) is 54.7. The predicted molar refractivity (Wildman–Crippen MR) is 291 cm³/mol. The molecule has 398 valence electrons. The van der Waals surface area contributed by atoms with Gasteiger partial charge in [-0.1, -0.05) is 31.7 Å². The molecule has 3 aromatic carbocycles. The summed E-state index contributed by atoms with van der Waals surface area (Å²) in [4.78, 5) is 85.2. The number of carbonyl (C=O) groups excluding carboxylic acids is 6. The van der Waals surface area contributed by atoms with Crippen molar-refractivity contribution in [1.82, 2.24) is 29.7 Å². The van der Waals surface area contributed by atoms with E-state index in [1.165, 1.54) is 5.57 Å². The van der Waals surface area contributed by atoms with Crippen molar-refractivity contribution in [3.05, 3.63) is 119 Å². The van der Waals surface area contributed by atoms with Gasteiger partial charge in [-0.25, -0.2) is 14.4 Å². The minimum absolute atomic E-state index is 0.171. The predicted octanol–water partition coefficient (Wildman–Crippen LogP) is 9.68. The monoisotopic (exact) mass is 1030 g/mol. The molecule has 6 amide bonds. The number of hydrogen-bond acceptors (Lipinski definition) is 9. The van der Waals surface area contributed by atoms with Crippen LogP contribution in [0.25, 0.3) is 43.9 Å². The van der Waals surface area contributed by atoms with E-state index in [-0.39, 0.29) is 30.1 Å². The first-order chi connectivity index (χ1) is 35.0. The second-order valence-corrected chi connectivity index (χ2v) is 22.5. The fraction of sp³-hybridized carbons (Fsp3) is 0.404. The summed E-state index contributed by atoms with van der Waals surface area (Å²) in [6, 6.07) is 16.8. The van der Waals surface area contributed by atoms with E-state index in [1.54, 1.807) is 45.3 Å². The van der Waals surface area contributed by atoms with E-state index in [2.05, 4.69) is 28.5 Å². The molecule has 18 nitrogen and oxygen atoms in total. The first-order valence-electron chi connectivity index (χ1n) is 25.0. The zero-order valence-electron chi connectivity index (χ0n) is 44.9. The van der Waals surface area contributed by atoms with Crippen molar-refractivity contribution in [3.63, 3.8) is 0 Å². The Morgan fingerprint density at radius 2 is 0.893 bits per heavy atom. The molecule has 0 aliphatic carbocycles. The third-order valence-electron chi connectivity index (χ3n) is 13.5. The minimum Gasteiger partial charge on any atom is -0.444 e. The van der Waals surface area contributed by atoms with E-state index in [0.29, 0.717) is 61.9 Å². The van der Waals surface area contributed by atoms with Crippen molar-refractivity contribution < 1.29 is 43.0 Å². The molecule has 3 fully saturated rings. The number of aromatic amines is 3. The van der Waals surface area contributed by atoms with Crippen LogP contribution in [0.4, 0.5) is 14.4 Å². The van der Waals surface area contributed by atoms with E-state index in [0.717, 1.165) is 60.5 Å². The maximum Gasteiger partial charge on any atom is 0.410 e. The Morgan fingerprint density at radius 3 is 1.33 bits per heavy atom. The SMILES string of the molecule is C=C(c1ccc(C(N)=O)c2[nH]ccc12)C1CN(C(=O)OC(C)(C)C)C1.CC(=C1CN(C(=O)OC(C)(C)C)C1)c1ccc(C(N)=O)c2[nH]ccc12.CC(c1ccc(C(N)=O)c2[nH]ccc12)C1CN(C(=O)OC(C)(C)C)C1. The number of amides is 6. The second kappa shape index (κ2) is 21.1. The molecule has 75 heavy (non-hydrogen) atoms. The van der Waals surface area contributed by atoms with Crippen LogP contribution in [-0.2, 0) is 14.2 Å². The van der Waals surface area contributed by atoms with Gasteiger partial charge in [-0.2, -0.15) is 0 Å². The van der Waals surface area contributed by atoms with Gasteiger partial charge in [-0.05, 0) is 145 Å². The number of benzene rings is 3. The quantitative estimate of drug-likeness (QED) is 0.0791. The molecule has 3 aromatic heterocycles. The highest BCUT2D eigenvalue weighted by Gasteiger charge is 2.39. The number of hydrogen-bond donors (Lipinski definition) is 6.